The van der Waals surface area contributed by atoms with E-state index in [2.05, 4.69) is 0 Å². The molecule has 0 spiro atoms. The number of rotatable bonds is 6. The Morgan fingerprint density at radius 1 is 0.917 bits per heavy atom. The standard InChI is InChI=1S/C27H22ClNO7/c1-15(30)36-18-9-7-16(8-10-18)24-23(25(31)21-14-20(35-3)11-12-22(21)28)26(32)27(33)29(24)17-5-4-6-19(13-17)34-2/h4-14,24,31H,1-3H3/b25-23+. The van der Waals surface area contributed by atoms with Gasteiger partial charge in [0.15, 0.2) is 0 Å². The minimum Gasteiger partial charge on any atom is -0.507 e. The van der Waals surface area contributed by atoms with Gasteiger partial charge in [0, 0.05) is 24.2 Å². The minimum absolute atomic E-state index is 0.140. The number of aliphatic hydroxyl groups excluding tert-OH is 1. The highest BCUT2D eigenvalue weighted by Crippen LogP contribution is 2.44. The molecule has 0 bridgehead atoms. The SMILES string of the molecule is COc1cccc(N2C(=O)C(=O)/C(=C(/O)c3cc(OC)ccc3Cl)C2c2ccc(OC(C)=O)cc2)c1. The molecule has 1 aliphatic rings. The van der Waals surface area contributed by atoms with Crippen LogP contribution in [0.15, 0.2) is 72.3 Å². The number of ether oxygens (including phenoxy) is 3. The monoisotopic (exact) mass is 507 g/mol. The molecule has 1 N–H and O–H groups in total. The quantitative estimate of drug-likeness (QED) is 0.166. The topological polar surface area (TPSA) is 102 Å². The lowest BCUT2D eigenvalue weighted by molar-refractivity contribution is -0.132. The van der Waals surface area contributed by atoms with Gasteiger partial charge in [-0.3, -0.25) is 19.3 Å². The summed E-state index contributed by atoms with van der Waals surface area (Å²) in [5, 5.41) is 11.5. The third-order valence-electron chi connectivity index (χ3n) is 5.66. The Morgan fingerprint density at radius 2 is 1.56 bits per heavy atom. The third-order valence-corrected chi connectivity index (χ3v) is 5.99. The average Bonchev–Trinajstić information content (AvgIpc) is 3.14. The first-order valence-electron chi connectivity index (χ1n) is 10.8. The van der Waals surface area contributed by atoms with Crippen molar-refractivity contribution in [1.29, 1.82) is 0 Å². The Morgan fingerprint density at radius 3 is 2.19 bits per heavy atom. The first-order chi connectivity index (χ1) is 17.2. The van der Waals surface area contributed by atoms with E-state index in [1.807, 2.05) is 0 Å². The summed E-state index contributed by atoms with van der Waals surface area (Å²) in [4.78, 5) is 39.3. The summed E-state index contributed by atoms with van der Waals surface area (Å²) in [5.74, 6) is -1.48. The van der Waals surface area contributed by atoms with Gasteiger partial charge in [0.2, 0.25) is 0 Å². The predicted octanol–water partition coefficient (Wildman–Crippen LogP) is 4.91. The summed E-state index contributed by atoms with van der Waals surface area (Å²) >= 11 is 6.34. The van der Waals surface area contributed by atoms with E-state index in [1.54, 1.807) is 54.6 Å². The number of amides is 1. The predicted molar refractivity (Wildman–Crippen MR) is 134 cm³/mol. The van der Waals surface area contributed by atoms with Crippen LogP contribution in [0.3, 0.4) is 0 Å². The van der Waals surface area contributed by atoms with Crippen molar-refractivity contribution < 1.29 is 33.7 Å². The number of benzene rings is 3. The number of ketones is 1. The van der Waals surface area contributed by atoms with Crippen LogP contribution in [0, 0.1) is 0 Å². The maximum absolute atomic E-state index is 13.3. The van der Waals surface area contributed by atoms with Gasteiger partial charge in [0.25, 0.3) is 11.7 Å². The third kappa shape index (κ3) is 4.63. The number of carbonyl (C=O) groups excluding carboxylic acids is 3. The zero-order valence-electron chi connectivity index (χ0n) is 19.7. The zero-order chi connectivity index (χ0) is 26.0. The van der Waals surface area contributed by atoms with E-state index < -0.39 is 29.5 Å². The summed E-state index contributed by atoms with van der Waals surface area (Å²) in [6.07, 6.45) is 0. The Bertz CT molecular complexity index is 1380. The maximum atomic E-state index is 13.3. The molecular formula is C27H22ClNO7. The molecule has 0 saturated carbocycles. The largest absolute Gasteiger partial charge is 0.507 e. The van der Waals surface area contributed by atoms with Crippen molar-refractivity contribution in [3.63, 3.8) is 0 Å². The Hall–Kier alpha value is -4.30. The fraction of sp³-hybridized carbons (Fsp3) is 0.148. The van der Waals surface area contributed by atoms with E-state index in [1.165, 1.54) is 38.2 Å². The van der Waals surface area contributed by atoms with Gasteiger partial charge in [-0.05, 0) is 48.0 Å². The lowest BCUT2D eigenvalue weighted by Gasteiger charge is -2.26. The Kier molecular flexibility index (Phi) is 6.98. The normalized spacial score (nSPS) is 16.7. The fourth-order valence-corrected chi connectivity index (χ4v) is 4.22. The van der Waals surface area contributed by atoms with Crippen molar-refractivity contribution in [2.45, 2.75) is 13.0 Å². The second-order valence-corrected chi connectivity index (χ2v) is 8.29. The van der Waals surface area contributed by atoms with Gasteiger partial charge < -0.3 is 19.3 Å². The number of methoxy groups -OCH3 is 2. The first kappa shape index (κ1) is 24.8. The summed E-state index contributed by atoms with van der Waals surface area (Å²) in [5.41, 5.74) is 0.870. The fourth-order valence-electron chi connectivity index (χ4n) is 4.02. The van der Waals surface area contributed by atoms with E-state index in [4.69, 9.17) is 25.8 Å². The van der Waals surface area contributed by atoms with Gasteiger partial charge in [0.05, 0.1) is 30.9 Å². The number of hydrogen-bond donors (Lipinski definition) is 1. The van der Waals surface area contributed by atoms with Crippen molar-refractivity contribution in [1.82, 2.24) is 0 Å². The van der Waals surface area contributed by atoms with Gasteiger partial charge in [0.1, 0.15) is 23.0 Å². The van der Waals surface area contributed by atoms with Crippen molar-refractivity contribution in [3.8, 4) is 17.2 Å². The second-order valence-electron chi connectivity index (χ2n) is 7.88. The summed E-state index contributed by atoms with van der Waals surface area (Å²) in [6.45, 7) is 1.28. The van der Waals surface area contributed by atoms with Crippen molar-refractivity contribution in [2.24, 2.45) is 0 Å². The average molecular weight is 508 g/mol. The van der Waals surface area contributed by atoms with Crippen LogP contribution in [0.25, 0.3) is 5.76 Å². The van der Waals surface area contributed by atoms with Gasteiger partial charge in [-0.2, -0.15) is 0 Å². The molecule has 1 aliphatic heterocycles. The molecule has 184 valence electrons. The first-order valence-corrected chi connectivity index (χ1v) is 11.2. The molecule has 1 saturated heterocycles. The van der Waals surface area contributed by atoms with Crippen LogP contribution in [0.5, 0.6) is 17.2 Å². The van der Waals surface area contributed by atoms with Crippen molar-refractivity contribution in [3.05, 3.63) is 88.5 Å². The van der Waals surface area contributed by atoms with Crippen LogP contribution in [-0.2, 0) is 14.4 Å². The number of nitrogens with zero attached hydrogens (tertiary/aromatic N) is 1. The molecule has 1 heterocycles. The number of hydrogen-bond acceptors (Lipinski definition) is 7. The molecule has 0 radical (unpaired) electrons. The summed E-state index contributed by atoms with van der Waals surface area (Å²) in [6, 6.07) is 16.6. The highest BCUT2D eigenvalue weighted by atomic mass is 35.5. The molecule has 8 nitrogen and oxygen atoms in total. The van der Waals surface area contributed by atoms with Gasteiger partial charge >= 0.3 is 5.97 Å². The van der Waals surface area contributed by atoms with Crippen LogP contribution in [-0.4, -0.2) is 37.0 Å². The number of esters is 1. The molecule has 9 heteroatoms. The summed E-state index contributed by atoms with van der Waals surface area (Å²) in [7, 11) is 2.95. The van der Waals surface area contributed by atoms with Gasteiger partial charge in [-0.1, -0.05) is 29.8 Å². The van der Waals surface area contributed by atoms with Gasteiger partial charge in [-0.15, -0.1) is 0 Å². The molecule has 4 rings (SSSR count). The van der Waals surface area contributed by atoms with Crippen molar-refractivity contribution >= 4 is 40.7 Å². The van der Waals surface area contributed by atoms with E-state index in [0.29, 0.717) is 28.5 Å². The lowest BCUT2D eigenvalue weighted by Crippen LogP contribution is -2.29. The highest BCUT2D eigenvalue weighted by Gasteiger charge is 2.47. The number of carbonyl (C=O) groups is 3. The van der Waals surface area contributed by atoms with Crippen LogP contribution in [0.1, 0.15) is 24.1 Å². The zero-order valence-corrected chi connectivity index (χ0v) is 20.4. The molecular weight excluding hydrogens is 486 g/mol. The van der Waals surface area contributed by atoms with Crippen LogP contribution >= 0.6 is 11.6 Å². The molecule has 3 aromatic carbocycles. The molecule has 3 aromatic rings. The van der Waals surface area contributed by atoms with Gasteiger partial charge in [-0.25, -0.2) is 0 Å². The lowest BCUT2D eigenvalue weighted by atomic mass is 9.95. The molecule has 36 heavy (non-hydrogen) atoms. The second kappa shape index (κ2) is 10.1. The van der Waals surface area contributed by atoms with Crippen LogP contribution in [0.2, 0.25) is 5.02 Å². The Labute approximate surface area is 212 Å². The molecule has 0 aromatic heterocycles. The molecule has 1 atom stereocenters. The van der Waals surface area contributed by atoms with E-state index in [9.17, 15) is 19.5 Å². The summed E-state index contributed by atoms with van der Waals surface area (Å²) < 4.78 is 15.6. The highest BCUT2D eigenvalue weighted by molar-refractivity contribution is 6.52. The van der Waals surface area contributed by atoms with E-state index in [-0.39, 0.29) is 16.2 Å². The molecule has 1 unspecified atom stereocenters. The number of halogens is 1. The van der Waals surface area contributed by atoms with Crippen LogP contribution in [0.4, 0.5) is 5.69 Å². The molecule has 1 fully saturated rings. The number of aliphatic hydroxyl groups is 1. The Balaban J connectivity index is 1.94. The maximum Gasteiger partial charge on any atom is 0.308 e. The van der Waals surface area contributed by atoms with E-state index in [0.717, 1.165) is 0 Å². The van der Waals surface area contributed by atoms with Crippen molar-refractivity contribution in [2.75, 3.05) is 19.1 Å². The number of Topliss-reactive ketones (excluding diaryl/α,β-unsaturated/α-hetero) is 1. The van der Waals surface area contributed by atoms with Crippen LogP contribution < -0.4 is 19.1 Å². The molecule has 1 amide bonds. The smallest absolute Gasteiger partial charge is 0.308 e. The number of anilines is 1. The molecule has 0 aliphatic carbocycles. The van der Waals surface area contributed by atoms with E-state index >= 15 is 0 Å². The minimum atomic E-state index is -1.01.